The zero-order valence-corrected chi connectivity index (χ0v) is 10.7. The van der Waals surface area contributed by atoms with Crippen LogP contribution in [0.4, 0.5) is 11.6 Å². The van der Waals surface area contributed by atoms with E-state index in [1.165, 1.54) is 12.1 Å². The molecule has 0 bridgehead atoms. The number of imidazole rings is 1. The Morgan fingerprint density at radius 1 is 1.45 bits per heavy atom. The first-order chi connectivity index (χ1) is 9.63. The van der Waals surface area contributed by atoms with E-state index in [4.69, 9.17) is 4.42 Å². The Morgan fingerprint density at radius 3 is 3.00 bits per heavy atom. The first-order valence-corrected chi connectivity index (χ1v) is 6.07. The number of aromatic nitrogens is 2. The van der Waals surface area contributed by atoms with Crippen molar-refractivity contribution in [1.29, 1.82) is 0 Å². The third kappa shape index (κ3) is 2.20. The molecule has 1 unspecified atom stereocenters. The van der Waals surface area contributed by atoms with Gasteiger partial charge in [-0.1, -0.05) is 0 Å². The molecule has 20 heavy (non-hydrogen) atoms. The van der Waals surface area contributed by atoms with Crippen molar-refractivity contribution in [2.75, 3.05) is 5.32 Å². The van der Waals surface area contributed by atoms with E-state index >= 15 is 0 Å². The molecule has 3 aromatic rings. The highest BCUT2D eigenvalue weighted by molar-refractivity contribution is 5.79. The molecule has 0 aliphatic carbocycles. The van der Waals surface area contributed by atoms with Crippen LogP contribution >= 0.6 is 0 Å². The number of nitrogens with one attached hydrogen (secondary N) is 2. The minimum Gasteiger partial charge on any atom is -0.467 e. The van der Waals surface area contributed by atoms with Gasteiger partial charge in [0.05, 0.1) is 28.3 Å². The van der Waals surface area contributed by atoms with Crippen LogP contribution in [0, 0.1) is 10.1 Å². The lowest BCUT2D eigenvalue weighted by Crippen LogP contribution is -2.06. The maximum absolute atomic E-state index is 10.7. The minimum atomic E-state index is -0.432. The number of hydrogen-bond acceptors (Lipinski definition) is 5. The van der Waals surface area contributed by atoms with E-state index in [1.807, 2.05) is 19.1 Å². The van der Waals surface area contributed by atoms with Gasteiger partial charge in [0.25, 0.3) is 5.69 Å². The zero-order valence-electron chi connectivity index (χ0n) is 10.7. The van der Waals surface area contributed by atoms with Gasteiger partial charge in [0, 0.05) is 12.1 Å². The maximum Gasteiger partial charge on any atom is 0.271 e. The van der Waals surface area contributed by atoms with E-state index in [0.717, 1.165) is 5.76 Å². The molecule has 0 radical (unpaired) electrons. The first-order valence-electron chi connectivity index (χ1n) is 6.07. The molecule has 0 aliphatic rings. The number of nitro groups is 1. The molecule has 2 N–H and O–H groups in total. The standard InChI is InChI=1S/C13H12N4O3/c1-8(12-3-2-6-20-12)14-13-15-10-5-4-9(17(18)19)7-11(10)16-13/h2-8H,1H3,(H2,14,15,16). The average molecular weight is 272 g/mol. The third-order valence-corrected chi connectivity index (χ3v) is 3.00. The van der Waals surface area contributed by atoms with Crippen LogP contribution < -0.4 is 5.32 Å². The number of aromatic amines is 1. The second-order valence-electron chi connectivity index (χ2n) is 4.43. The Balaban J connectivity index is 1.87. The molecule has 1 atom stereocenters. The molecule has 7 heteroatoms. The molecule has 1 aromatic carbocycles. The van der Waals surface area contributed by atoms with Crippen LogP contribution in [0.15, 0.2) is 41.0 Å². The predicted molar refractivity (Wildman–Crippen MR) is 73.5 cm³/mol. The van der Waals surface area contributed by atoms with Crippen molar-refractivity contribution >= 4 is 22.7 Å². The van der Waals surface area contributed by atoms with Crippen molar-refractivity contribution in [2.24, 2.45) is 0 Å². The van der Waals surface area contributed by atoms with Crippen LogP contribution in [0.2, 0.25) is 0 Å². The summed E-state index contributed by atoms with van der Waals surface area (Å²) in [5.74, 6) is 1.33. The van der Waals surface area contributed by atoms with Crippen LogP contribution in [-0.4, -0.2) is 14.9 Å². The fraction of sp³-hybridized carbons (Fsp3) is 0.154. The number of anilines is 1. The monoisotopic (exact) mass is 272 g/mol. The lowest BCUT2D eigenvalue weighted by molar-refractivity contribution is -0.384. The Morgan fingerprint density at radius 2 is 2.30 bits per heavy atom. The van der Waals surface area contributed by atoms with E-state index in [2.05, 4.69) is 15.3 Å². The van der Waals surface area contributed by atoms with Crippen LogP contribution in [-0.2, 0) is 0 Å². The highest BCUT2D eigenvalue weighted by atomic mass is 16.6. The number of nitrogens with zero attached hydrogens (tertiary/aromatic N) is 2. The summed E-state index contributed by atoms with van der Waals surface area (Å²) >= 11 is 0. The summed E-state index contributed by atoms with van der Waals surface area (Å²) in [6, 6.07) is 8.14. The van der Waals surface area contributed by atoms with Crippen LogP contribution in [0.5, 0.6) is 0 Å². The van der Waals surface area contributed by atoms with Gasteiger partial charge in [0.15, 0.2) is 0 Å². The van der Waals surface area contributed by atoms with Crippen molar-refractivity contribution in [2.45, 2.75) is 13.0 Å². The van der Waals surface area contributed by atoms with Gasteiger partial charge >= 0.3 is 0 Å². The summed E-state index contributed by atoms with van der Waals surface area (Å²) in [5, 5.41) is 13.9. The van der Waals surface area contributed by atoms with Gasteiger partial charge in [-0.05, 0) is 25.1 Å². The normalized spacial score (nSPS) is 12.4. The summed E-state index contributed by atoms with van der Waals surface area (Å²) in [6.07, 6.45) is 1.61. The van der Waals surface area contributed by atoms with E-state index in [-0.39, 0.29) is 11.7 Å². The fourth-order valence-electron chi connectivity index (χ4n) is 1.99. The molecule has 0 fully saturated rings. The predicted octanol–water partition coefficient (Wildman–Crippen LogP) is 3.24. The number of hydrogen-bond donors (Lipinski definition) is 2. The van der Waals surface area contributed by atoms with Gasteiger partial charge in [-0.15, -0.1) is 0 Å². The van der Waals surface area contributed by atoms with Crippen LogP contribution in [0.1, 0.15) is 18.7 Å². The van der Waals surface area contributed by atoms with Gasteiger partial charge in [0.1, 0.15) is 5.76 Å². The molecule has 2 aromatic heterocycles. The molecule has 102 valence electrons. The first kappa shape index (κ1) is 12.2. The molecule has 0 saturated carbocycles. The lowest BCUT2D eigenvalue weighted by atomic mass is 10.2. The van der Waals surface area contributed by atoms with Gasteiger partial charge in [-0.3, -0.25) is 10.1 Å². The smallest absolute Gasteiger partial charge is 0.271 e. The van der Waals surface area contributed by atoms with Crippen molar-refractivity contribution in [3.63, 3.8) is 0 Å². The molecule has 7 nitrogen and oxygen atoms in total. The maximum atomic E-state index is 10.7. The van der Waals surface area contributed by atoms with Crippen molar-refractivity contribution in [3.8, 4) is 0 Å². The Kier molecular flexibility index (Phi) is 2.86. The second kappa shape index (κ2) is 4.69. The number of rotatable bonds is 4. The molecule has 3 rings (SSSR count). The summed E-state index contributed by atoms with van der Waals surface area (Å²) in [4.78, 5) is 17.6. The molecular weight excluding hydrogens is 260 g/mol. The summed E-state index contributed by atoms with van der Waals surface area (Å²) in [7, 11) is 0. The Labute approximate surface area is 113 Å². The van der Waals surface area contributed by atoms with Gasteiger partial charge in [0.2, 0.25) is 5.95 Å². The largest absolute Gasteiger partial charge is 0.467 e. The van der Waals surface area contributed by atoms with Gasteiger partial charge in [-0.25, -0.2) is 4.98 Å². The van der Waals surface area contributed by atoms with Gasteiger partial charge < -0.3 is 14.7 Å². The van der Waals surface area contributed by atoms with Crippen LogP contribution in [0.25, 0.3) is 11.0 Å². The number of nitro benzene ring substituents is 1. The fourth-order valence-corrected chi connectivity index (χ4v) is 1.99. The summed E-state index contributed by atoms with van der Waals surface area (Å²) in [5.41, 5.74) is 1.32. The number of fused-ring (bicyclic) bond motifs is 1. The van der Waals surface area contributed by atoms with Crippen molar-refractivity contribution in [1.82, 2.24) is 9.97 Å². The van der Waals surface area contributed by atoms with Gasteiger partial charge in [-0.2, -0.15) is 0 Å². The summed E-state index contributed by atoms with van der Waals surface area (Å²) in [6.45, 7) is 1.94. The molecular formula is C13H12N4O3. The van der Waals surface area contributed by atoms with Crippen LogP contribution in [0.3, 0.4) is 0 Å². The number of furan rings is 1. The van der Waals surface area contributed by atoms with E-state index in [1.54, 1.807) is 12.3 Å². The molecule has 0 saturated heterocycles. The van der Waals surface area contributed by atoms with E-state index in [9.17, 15) is 10.1 Å². The van der Waals surface area contributed by atoms with E-state index < -0.39 is 4.92 Å². The SMILES string of the molecule is CC(Nc1nc2ccc([N+](=O)[O-])cc2[nH]1)c1ccco1. The Bertz CT molecular complexity index is 748. The quantitative estimate of drug-likeness (QED) is 0.561. The molecule has 0 spiro atoms. The topological polar surface area (TPSA) is 97.0 Å². The zero-order chi connectivity index (χ0) is 14.1. The average Bonchev–Trinajstić information content (AvgIpc) is 3.06. The number of H-pyrrole nitrogens is 1. The highest BCUT2D eigenvalue weighted by Gasteiger charge is 2.12. The molecule has 2 heterocycles. The minimum absolute atomic E-state index is 0.0341. The number of benzene rings is 1. The highest BCUT2D eigenvalue weighted by Crippen LogP contribution is 2.23. The molecule has 0 amide bonds. The number of non-ortho nitro benzene ring substituents is 1. The summed E-state index contributed by atoms with van der Waals surface area (Å²) < 4.78 is 5.30. The molecule has 0 aliphatic heterocycles. The van der Waals surface area contributed by atoms with E-state index in [0.29, 0.717) is 17.0 Å². The third-order valence-electron chi connectivity index (χ3n) is 3.00. The second-order valence-corrected chi connectivity index (χ2v) is 4.43. The lowest BCUT2D eigenvalue weighted by Gasteiger charge is -2.09. The van der Waals surface area contributed by atoms with Crippen molar-refractivity contribution in [3.05, 3.63) is 52.5 Å². The van der Waals surface area contributed by atoms with Crippen molar-refractivity contribution < 1.29 is 9.34 Å². The Hall–Kier alpha value is -2.83.